The summed E-state index contributed by atoms with van der Waals surface area (Å²) in [5.41, 5.74) is 1.94. The number of likely N-dealkylation sites (tertiary alicyclic amines) is 1. The molecule has 1 heterocycles. The van der Waals surface area contributed by atoms with Gasteiger partial charge >= 0.3 is 0 Å². The van der Waals surface area contributed by atoms with E-state index >= 15 is 0 Å². The number of aromatic hydroxyl groups is 1. The predicted molar refractivity (Wildman–Crippen MR) is 130 cm³/mol. The van der Waals surface area contributed by atoms with E-state index < -0.39 is 0 Å². The number of ether oxygens (including phenoxy) is 1. The molecule has 0 bridgehead atoms. The van der Waals surface area contributed by atoms with Gasteiger partial charge in [0.2, 0.25) is 0 Å². The van der Waals surface area contributed by atoms with Gasteiger partial charge < -0.3 is 9.84 Å². The summed E-state index contributed by atoms with van der Waals surface area (Å²) in [4.78, 5) is 17.8. The predicted octanol–water partition coefficient (Wildman–Crippen LogP) is 5.66. The molecule has 6 heteroatoms. The molecule has 1 aliphatic heterocycles. The van der Waals surface area contributed by atoms with Crippen molar-refractivity contribution in [2.75, 3.05) is 31.1 Å². The van der Waals surface area contributed by atoms with Gasteiger partial charge in [-0.05, 0) is 74.5 Å². The highest BCUT2D eigenvalue weighted by atomic mass is 35.5. The van der Waals surface area contributed by atoms with Gasteiger partial charge in [0.25, 0.3) is 5.91 Å². The smallest absolute Gasteiger partial charge is 0.266 e. The quantitative estimate of drug-likeness (QED) is 0.502. The average Bonchev–Trinajstić information content (AvgIpc) is 2.82. The SMILES string of the molecule is Cl.O=C(c1ccccc1OCCN1CCCCC1)N(c1ccccc1)c1ccc(O)cc1. The number of carbonyl (C=O) groups excluding carboxylic acids is 1. The number of halogens is 1. The van der Waals surface area contributed by atoms with E-state index in [0.29, 0.717) is 23.6 Å². The number of phenols is 1. The second-order valence-electron chi connectivity index (χ2n) is 7.74. The van der Waals surface area contributed by atoms with Crippen molar-refractivity contribution < 1.29 is 14.6 Å². The van der Waals surface area contributed by atoms with Crippen LogP contribution in [0.2, 0.25) is 0 Å². The van der Waals surface area contributed by atoms with Gasteiger partial charge in [-0.1, -0.05) is 36.8 Å². The van der Waals surface area contributed by atoms with Gasteiger partial charge in [-0.3, -0.25) is 14.6 Å². The van der Waals surface area contributed by atoms with E-state index in [1.807, 2.05) is 48.5 Å². The van der Waals surface area contributed by atoms with Crippen LogP contribution in [-0.2, 0) is 0 Å². The molecule has 0 aliphatic carbocycles. The molecule has 1 amide bonds. The molecule has 1 fully saturated rings. The normalized spacial score (nSPS) is 13.8. The third-order valence-electron chi connectivity index (χ3n) is 5.56. The zero-order valence-corrected chi connectivity index (χ0v) is 18.8. The molecule has 32 heavy (non-hydrogen) atoms. The molecule has 0 aromatic heterocycles. The van der Waals surface area contributed by atoms with Crippen molar-refractivity contribution in [1.82, 2.24) is 4.90 Å². The number of benzene rings is 3. The Kier molecular flexibility index (Phi) is 8.54. The van der Waals surface area contributed by atoms with Crippen LogP contribution in [0, 0.1) is 0 Å². The van der Waals surface area contributed by atoms with Gasteiger partial charge in [-0.15, -0.1) is 12.4 Å². The first-order valence-electron chi connectivity index (χ1n) is 10.8. The molecule has 0 unspecified atom stereocenters. The molecule has 1 aliphatic rings. The van der Waals surface area contributed by atoms with E-state index in [4.69, 9.17) is 4.74 Å². The van der Waals surface area contributed by atoms with Crippen molar-refractivity contribution in [2.45, 2.75) is 19.3 Å². The molecule has 0 saturated carbocycles. The number of hydrogen-bond acceptors (Lipinski definition) is 4. The number of rotatable bonds is 7. The van der Waals surface area contributed by atoms with Gasteiger partial charge in [0.1, 0.15) is 18.1 Å². The summed E-state index contributed by atoms with van der Waals surface area (Å²) in [7, 11) is 0. The lowest BCUT2D eigenvalue weighted by Gasteiger charge is -2.27. The fourth-order valence-corrected chi connectivity index (χ4v) is 3.92. The standard InChI is InChI=1S/C26H28N2O3.ClH/c29-23-15-13-22(14-16-23)28(21-9-3-1-4-10-21)26(30)24-11-5-6-12-25(24)31-20-19-27-17-7-2-8-18-27;/h1,3-6,9-16,29H,2,7-8,17-20H2;1H. The first-order valence-corrected chi connectivity index (χ1v) is 10.8. The number of hydrogen-bond donors (Lipinski definition) is 1. The first-order chi connectivity index (χ1) is 15.2. The van der Waals surface area contributed by atoms with Crippen LogP contribution in [0.15, 0.2) is 78.9 Å². The number of amides is 1. The molecular formula is C26H29ClN2O3. The lowest BCUT2D eigenvalue weighted by Crippen LogP contribution is -2.33. The Morgan fingerprint density at radius 3 is 2.19 bits per heavy atom. The third-order valence-corrected chi connectivity index (χ3v) is 5.56. The summed E-state index contributed by atoms with van der Waals surface area (Å²) in [5, 5.41) is 9.69. The van der Waals surface area contributed by atoms with Crippen LogP contribution in [0.5, 0.6) is 11.5 Å². The van der Waals surface area contributed by atoms with Crippen molar-refractivity contribution in [3.05, 3.63) is 84.4 Å². The molecule has 4 rings (SSSR count). The Labute approximate surface area is 195 Å². The molecule has 3 aromatic carbocycles. The Morgan fingerprint density at radius 2 is 1.47 bits per heavy atom. The summed E-state index contributed by atoms with van der Waals surface area (Å²) in [6, 6.07) is 23.5. The van der Waals surface area contributed by atoms with Crippen molar-refractivity contribution in [3.8, 4) is 11.5 Å². The Bertz CT molecular complexity index is 989. The average molecular weight is 453 g/mol. The molecule has 0 radical (unpaired) electrons. The number of carbonyl (C=O) groups is 1. The van der Waals surface area contributed by atoms with Gasteiger partial charge in [-0.25, -0.2) is 0 Å². The molecule has 5 nitrogen and oxygen atoms in total. The first kappa shape index (κ1) is 23.6. The summed E-state index contributed by atoms with van der Waals surface area (Å²) in [5.74, 6) is 0.570. The van der Waals surface area contributed by atoms with Gasteiger partial charge in [0, 0.05) is 17.9 Å². The minimum Gasteiger partial charge on any atom is -0.508 e. The zero-order chi connectivity index (χ0) is 21.5. The van der Waals surface area contributed by atoms with Gasteiger partial charge in [0.05, 0.1) is 5.56 Å². The summed E-state index contributed by atoms with van der Waals surface area (Å²) in [6.07, 6.45) is 3.79. The third kappa shape index (κ3) is 5.81. The van der Waals surface area contributed by atoms with E-state index in [0.717, 1.165) is 25.3 Å². The Hall–Kier alpha value is -3.02. The second kappa shape index (κ2) is 11.6. The van der Waals surface area contributed by atoms with Crippen LogP contribution < -0.4 is 9.64 Å². The number of phenolic OH excluding ortho intramolecular Hbond substituents is 1. The van der Waals surface area contributed by atoms with Crippen LogP contribution >= 0.6 is 12.4 Å². The summed E-state index contributed by atoms with van der Waals surface area (Å²) in [6.45, 7) is 3.65. The van der Waals surface area contributed by atoms with Crippen molar-refractivity contribution >= 4 is 29.7 Å². The van der Waals surface area contributed by atoms with Gasteiger partial charge in [0.15, 0.2) is 0 Å². The Morgan fingerprint density at radius 1 is 0.844 bits per heavy atom. The highest BCUT2D eigenvalue weighted by molar-refractivity contribution is 6.12. The number of nitrogens with zero attached hydrogens (tertiary/aromatic N) is 2. The molecule has 168 valence electrons. The lowest BCUT2D eigenvalue weighted by atomic mass is 10.1. The molecule has 0 spiro atoms. The highest BCUT2D eigenvalue weighted by Crippen LogP contribution is 2.31. The maximum atomic E-state index is 13.7. The topological polar surface area (TPSA) is 53.0 Å². The minimum absolute atomic E-state index is 0. The monoisotopic (exact) mass is 452 g/mol. The number of piperidine rings is 1. The maximum Gasteiger partial charge on any atom is 0.266 e. The fraction of sp³-hybridized carbons (Fsp3) is 0.269. The fourth-order valence-electron chi connectivity index (χ4n) is 3.92. The van der Waals surface area contributed by atoms with Crippen LogP contribution in [-0.4, -0.2) is 42.2 Å². The molecule has 1 saturated heterocycles. The minimum atomic E-state index is -0.175. The van der Waals surface area contributed by atoms with Crippen molar-refractivity contribution in [1.29, 1.82) is 0 Å². The van der Waals surface area contributed by atoms with Crippen molar-refractivity contribution in [2.24, 2.45) is 0 Å². The largest absolute Gasteiger partial charge is 0.508 e. The van der Waals surface area contributed by atoms with Crippen LogP contribution in [0.4, 0.5) is 11.4 Å². The van der Waals surface area contributed by atoms with Gasteiger partial charge in [-0.2, -0.15) is 0 Å². The maximum absolute atomic E-state index is 13.7. The summed E-state index contributed by atoms with van der Waals surface area (Å²) >= 11 is 0. The number of para-hydroxylation sites is 2. The van der Waals surface area contributed by atoms with Crippen molar-refractivity contribution in [3.63, 3.8) is 0 Å². The summed E-state index contributed by atoms with van der Waals surface area (Å²) < 4.78 is 6.07. The zero-order valence-electron chi connectivity index (χ0n) is 18.0. The second-order valence-corrected chi connectivity index (χ2v) is 7.74. The van der Waals surface area contributed by atoms with Crippen LogP contribution in [0.1, 0.15) is 29.6 Å². The van der Waals surface area contributed by atoms with E-state index in [1.165, 1.54) is 19.3 Å². The highest BCUT2D eigenvalue weighted by Gasteiger charge is 2.23. The molecular weight excluding hydrogens is 424 g/mol. The van der Waals surface area contributed by atoms with E-state index in [1.54, 1.807) is 35.2 Å². The molecule has 0 atom stereocenters. The van der Waals surface area contributed by atoms with Crippen LogP contribution in [0.3, 0.4) is 0 Å². The molecule has 3 aromatic rings. The van der Waals surface area contributed by atoms with E-state index in [9.17, 15) is 9.90 Å². The lowest BCUT2D eigenvalue weighted by molar-refractivity contribution is 0.0994. The van der Waals surface area contributed by atoms with E-state index in [-0.39, 0.29) is 24.1 Å². The van der Waals surface area contributed by atoms with Crippen LogP contribution in [0.25, 0.3) is 0 Å². The number of anilines is 2. The Balaban J connectivity index is 0.00000289. The molecule has 1 N–H and O–H groups in total. The van der Waals surface area contributed by atoms with E-state index in [2.05, 4.69) is 4.90 Å².